The van der Waals surface area contributed by atoms with Crippen molar-refractivity contribution in [3.63, 3.8) is 0 Å². The number of nitrogens with zero attached hydrogens (tertiary/aromatic N) is 1. The SMILES string of the molecule is CCCOc1cccc2c1[nH]c(=S)n2-c1ccccc1Br. The number of fused-ring (bicyclic) bond motifs is 1. The van der Waals surface area contributed by atoms with Gasteiger partial charge in [0, 0.05) is 4.47 Å². The fourth-order valence-corrected chi connectivity index (χ4v) is 3.07. The third kappa shape index (κ3) is 2.63. The summed E-state index contributed by atoms with van der Waals surface area (Å²) in [6.07, 6.45) is 0.974. The molecule has 0 aliphatic rings. The van der Waals surface area contributed by atoms with Crippen molar-refractivity contribution < 1.29 is 4.74 Å². The van der Waals surface area contributed by atoms with Crippen LogP contribution in [0, 0.1) is 4.77 Å². The Morgan fingerprint density at radius 3 is 2.76 bits per heavy atom. The van der Waals surface area contributed by atoms with E-state index < -0.39 is 0 Å². The molecule has 3 nitrogen and oxygen atoms in total. The molecule has 0 spiro atoms. The quantitative estimate of drug-likeness (QED) is 0.643. The molecular weight excluding hydrogens is 348 g/mol. The van der Waals surface area contributed by atoms with Gasteiger partial charge in [0.1, 0.15) is 11.3 Å². The van der Waals surface area contributed by atoms with E-state index in [9.17, 15) is 0 Å². The van der Waals surface area contributed by atoms with Crippen LogP contribution in [0.15, 0.2) is 46.9 Å². The van der Waals surface area contributed by atoms with Crippen molar-refractivity contribution in [1.29, 1.82) is 0 Å². The van der Waals surface area contributed by atoms with Crippen LogP contribution in [-0.2, 0) is 0 Å². The number of aromatic nitrogens is 2. The number of H-pyrrole nitrogens is 1. The van der Waals surface area contributed by atoms with Gasteiger partial charge in [-0.25, -0.2) is 0 Å². The summed E-state index contributed by atoms with van der Waals surface area (Å²) in [5, 5.41) is 0. The minimum absolute atomic E-state index is 0.657. The normalized spacial score (nSPS) is 11.0. The first-order valence-corrected chi connectivity index (χ1v) is 8.04. The third-order valence-electron chi connectivity index (χ3n) is 3.24. The summed E-state index contributed by atoms with van der Waals surface area (Å²) < 4.78 is 9.48. The molecule has 0 atom stereocenters. The number of halogens is 1. The Bertz CT molecular complexity index is 838. The first-order valence-electron chi connectivity index (χ1n) is 6.84. The van der Waals surface area contributed by atoms with Crippen LogP contribution in [0.4, 0.5) is 0 Å². The predicted molar refractivity (Wildman–Crippen MR) is 91.9 cm³/mol. The number of rotatable bonds is 4. The van der Waals surface area contributed by atoms with E-state index in [1.807, 2.05) is 47.0 Å². The van der Waals surface area contributed by atoms with E-state index in [2.05, 4.69) is 27.8 Å². The Morgan fingerprint density at radius 2 is 2.00 bits per heavy atom. The molecule has 5 heteroatoms. The van der Waals surface area contributed by atoms with E-state index in [1.165, 1.54) is 0 Å². The highest BCUT2D eigenvalue weighted by Crippen LogP contribution is 2.30. The van der Waals surface area contributed by atoms with E-state index in [1.54, 1.807) is 0 Å². The lowest BCUT2D eigenvalue weighted by Gasteiger charge is -2.08. The van der Waals surface area contributed by atoms with Crippen molar-refractivity contribution in [2.24, 2.45) is 0 Å². The van der Waals surface area contributed by atoms with Crippen LogP contribution in [-0.4, -0.2) is 16.2 Å². The fourth-order valence-electron chi connectivity index (χ4n) is 2.31. The number of nitrogens with one attached hydrogen (secondary N) is 1. The summed E-state index contributed by atoms with van der Waals surface area (Å²) in [6.45, 7) is 2.79. The highest BCUT2D eigenvalue weighted by Gasteiger charge is 2.12. The van der Waals surface area contributed by atoms with Gasteiger partial charge < -0.3 is 9.72 Å². The summed E-state index contributed by atoms with van der Waals surface area (Å²) in [5.41, 5.74) is 2.97. The average molecular weight is 363 g/mol. The molecule has 108 valence electrons. The first kappa shape index (κ1) is 14.4. The summed E-state index contributed by atoms with van der Waals surface area (Å²) in [7, 11) is 0. The van der Waals surface area contributed by atoms with Gasteiger partial charge in [0.2, 0.25) is 0 Å². The molecule has 21 heavy (non-hydrogen) atoms. The fraction of sp³-hybridized carbons (Fsp3) is 0.188. The molecule has 3 aromatic rings. The first-order chi connectivity index (χ1) is 10.2. The number of hydrogen-bond acceptors (Lipinski definition) is 2. The van der Waals surface area contributed by atoms with Crippen LogP contribution in [0.3, 0.4) is 0 Å². The molecule has 0 saturated heterocycles. The van der Waals surface area contributed by atoms with Gasteiger partial charge in [-0.05, 0) is 58.8 Å². The maximum absolute atomic E-state index is 5.80. The number of para-hydroxylation sites is 2. The van der Waals surface area contributed by atoms with E-state index in [0.29, 0.717) is 11.4 Å². The van der Waals surface area contributed by atoms with Crippen molar-refractivity contribution in [3.05, 3.63) is 51.7 Å². The minimum atomic E-state index is 0.657. The maximum atomic E-state index is 5.80. The van der Waals surface area contributed by atoms with Crippen LogP contribution < -0.4 is 4.74 Å². The molecule has 0 saturated carbocycles. The van der Waals surface area contributed by atoms with Crippen molar-refractivity contribution in [2.45, 2.75) is 13.3 Å². The summed E-state index contributed by atoms with van der Waals surface area (Å²) in [6, 6.07) is 14.0. The molecule has 0 aliphatic carbocycles. The zero-order valence-corrected chi connectivity index (χ0v) is 14.0. The van der Waals surface area contributed by atoms with Crippen LogP contribution in [0.2, 0.25) is 0 Å². The predicted octanol–water partition coefficient (Wildman–Crippen LogP) is 5.24. The maximum Gasteiger partial charge on any atom is 0.182 e. The highest BCUT2D eigenvalue weighted by atomic mass is 79.9. The molecule has 2 aromatic carbocycles. The highest BCUT2D eigenvalue weighted by molar-refractivity contribution is 9.10. The van der Waals surface area contributed by atoms with Gasteiger partial charge in [-0.3, -0.25) is 4.57 Å². The summed E-state index contributed by atoms with van der Waals surface area (Å²) in [5.74, 6) is 0.839. The third-order valence-corrected chi connectivity index (χ3v) is 4.19. The van der Waals surface area contributed by atoms with Crippen LogP contribution in [0.5, 0.6) is 5.75 Å². The minimum Gasteiger partial charge on any atom is -0.491 e. The van der Waals surface area contributed by atoms with Gasteiger partial charge in [-0.1, -0.05) is 25.1 Å². The molecule has 0 fully saturated rings. The number of aromatic amines is 1. The number of imidazole rings is 1. The molecule has 0 aliphatic heterocycles. The topological polar surface area (TPSA) is 29.9 Å². The van der Waals surface area contributed by atoms with Gasteiger partial charge >= 0.3 is 0 Å². The molecule has 1 heterocycles. The van der Waals surface area contributed by atoms with E-state index in [0.717, 1.165) is 33.4 Å². The largest absolute Gasteiger partial charge is 0.491 e. The second-order valence-corrected chi connectivity index (χ2v) is 5.96. The van der Waals surface area contributed by atoms with Gasteiger partial charge in [0.05, 0.1) is 17.8 Å². The molecule has 1 aromatic heterocycles. The second-order valence-electron chi connectivity index (χ2n) is 4.72. The van der Waals surface area contributed by atoms with Gasteiger partial charge in [0.25, 0.3) is 0 Å². The Labute approximate surface area is 136 Å². The number of ether oxygens (including phenoxy) is 1. The van der Waals surface area contributed by atoms with Crippen molar-refractivity contribution >= 4 is 39.2 Å². The smallest absolute Gasteiger partial charge is 0.182 e. The molecule has 0 bridgehead atoms. The van der Waals surface area contributed by atoms with E-state index in [4.69, 9.17) is 17.0 Å². The second kappa shape index (κ2) is 6.03. The standard InChI is InChI=1S/C16H15BrN2OS/c1-2-10-20-14-9-5-8-13-15(14)18-16(21)19(13)12-7-4-3-6-11(12)17/h3-9H,2,10H2,1H3,(H,18,21). The Balaban J connectivity index is 2.23. The molecule has 0 radical (unpaired) electrons. The van der Waals surface area contributed by atoms with E-state index in [-0.39, 0.29) is 0 Å². The zero-order valence-electron chi connectivity index (χ0n) is 11.6. The molecular formula is C16H15BrN2OS. The summed E-state index contributed by atoms with van der Waals surface area (Å²) in [4.78, 5) is 3.26. The van der Waals surface area contributed by atoms with Crippen LogP contribution in [0.25, 0.3) is 16.7 Å². The Kier molecular flexibility index (Phi) is 4.12. The van der Waals surface area contributed by atoms with E-state index >= 15 is 0 Å². The van der Waals surface area contributed by atoms with Crippen molar-refractivity contribution in [3.8, 4) is 11.4 Å². The molecule has 0 amide bonds. The number of benzene rings is 2. The average Bonchev–Trinajstić information content (AvgIpc) is 2.82. The zero-order chi connectivity index (χ0) is 14.8. The van der Waals surface area contributed by atoms with Gasteiger partial charge in [-0.15, -0.1) is 0 Å². The van der Waals surface area contributed by atoms with Crippen molar-refractivity contribution in [2.75, 3.05) is 6.61 Å². The van der Waals surface area contributed by atoms with Gasteiger partial charge in [-0.2, -0.15) is 0 Å². The number of hydrogen-bond donors (Lipinski definition) is 1. The summed E-state index contributed by atoms with van der Waals surface area (Å²) >= 11 is 9.08. The van der Waals surface area contributed by atoms with Crippen molar-refractivity contribution in [1.82, 2.24) is 9.55 Å². The molecule has 1 N–H and O–H groups in total. The van der Waals surface area contributed by atoms with Crippen LogP contribution >= 0.6 is 28.1 Å². The Hall–Kier alpha value is -1.59. The van der Waals surface area contributed by atoms with Crippen LogP contribution in [0.1, 0.15) is 13.3 Å². The lowest BCUT2D eigenvalue weighted by molar-refractivity contribution is 0.320. The molecule has 0 unspecified atom stereocenters. The Morgan fingerprint density at radius 1 is 1.19 bits per heavy atom. The monoisotopic (exact) mass is 362 g/mol. The lowest BCUT2D eigenvalue weighted by Crippen LogP contribution is -1.97. The molecule has 3 rings (SSSR count). The van der Waals surface area contributed by atoms with Gasteiger partial charge in [0.15, 0.2) is 4.77 Å². The lowest BCUT2D eigenvalue weighted by atomic mass is 10.2.